The molecule has 0 heterocycles. The molecule has 0 unspecified atom stereocenters. The lowest BCUT2D eigenvalue weighted by atomic mass is 10.1. The highest BCUT2D eigenvalue weighted by molar-refractivity contribution is 7.92. The van der Waals surface area contributed by atoms with Gasteiger partial charge in [-0.1, -0.05) is 24.3 Å². The number of sulfonamides is 1. The first kappa shape index (κ1) is 24.2. The zero-order valence-corrected chi connectivity index (χ0v) is 19.3. The van der Waals surface area contributed by atoms with Crippen LogP contribution in [0.2, 0.25) is 0 Å². The normalized spacial score (nSPS) is 12.0. The Balaban J connectivity index is 2.36. The van der Waals surface area contributed by atoms with Crippen molar-refractivity contribution in [2.45, 2.75) is 26.4 Å². The van der Waals surface area contributed by atoms with E-state index in [1.807, 2.05) is 13.0 Å². The third-order valence-electron chi connectivity index (χ3n) is 4.89. The number of amides is 2. The first-order valence-corrected chi connectivity index (χ1v) is 11.6. The smallest absolute Gasteiger partial charge is 0.244 e. The van der Waals surface area contributed by atoms with Gasteiger partial charge in [-0.25, -0.2) is 8.42 Å². The summed E-state index contributed by atoms with van der Waals surface area (Å²) in [4.78, 5) is 26.9. The Bertz CT molecular complexity index is 1020. The van der Waals surface area contributed by atoms with E-state index in [9.17, 15) is 18.0 Å². The molecule has 0 aromatic heterocycles. The van der Waals surface area contributed by atoms with Crippen molar-refractivity contribution < 1.29 is 22.7 Å². The maximum absolute atomic E-state index is 13.3. The number of benzene rings is 2. The van der Waals surface area contributed by atoms with Crippen LogP contribution in [0.4, 0.5) is 5.69 Å². The number of ether oxygens (including phenoxy) is 1. The third kappa shape index (κ3) is 6.45. The molecule has 0 aliphatic rings. The van der Waals surface area contributed by atoms with Crippen LogP contribution in [-0.2, 0) is 26.2 Å². The van der Waals surface area contributed by atoms with E-state index in [0.717, 1.165) is 21.7 Å². The van der Waals surface area contributed by atoms with Crippen LogP contribution in [0.25, 0.3) is 0 Å². The molecular formula is C22H29N3O5S. The van der Waals surface area contributed by atoms with Gasteiger partial charge in [0.05, 0.1) is 19.1 Å². The quantitative estimate of drug-likeness (QED) is 0.634. The van der Waals surface area contributed by atoms with Gasteiger partial charge in [0.25, 0.3) is 0 Å². The van der Waals surface area contributed by atoms with Gasteiger partial charge in [-0.05, 0) is 49.2 Å². The van der Waals surface area contributed by atoms with Gasteiger partial charge < -0.3 is 15.0 Å². The minimum Gasteiger partial charge on any atom is -0.497 e. The van der Waals surface area contributed by atoms with Crippen LogP contribution < -0.4 is 14.4 Å². The summed E-state index contributed by atoms with van der Waals surface area (Å²) < 4.78 is 31.1. The molecule has 0 radical (unpaired) electrons. The maximum atomic E-state index is 13.3. The largest absolute Gasteiger partial charge is 0.497 e. The van der Waals surface area contributed by atoms with Gasteiger partial charge in [0.15, 0.2) is 0 Å². The molecule has 0 saturated carbocycles. The molecule has 1 atom stereocenters. The predicted octanol–water partition coefficient (Wildman–Crippen LogP) is 1.93. The molecule has 2 aromatic rings. The summed E-state index contributed by atoms with van der Waals surface area (Å²) in [7, 11) is -0.678. The summed E-state index contributed by atoms with van der Waals surface area (Å²) in [6.07, 6.45) is 1.05. The lowest BCUT2D eigenvalue weighted by molar-refractivity contribution is -0.139. The third-order valence-corrected chi connectivity index (χ3v) is 6.04. The summed E-state index contributed by atoms with van der Waals surface area (Å²) in [6, 6.07) is 13.2. The van der Waals surface area contributed by atoms with Crippen LogP contribution in [0.15, 0.2) is 48.5 Å². The van der Waals surface area contributed by atoms with Gasteiger partial charge in [-0.3, -0.25) is 13.9 Å². The van der Waals surface area contributed by atoms with Crippen molar-refractivity contribution in [1.29, 1.82) is 0 Å². The van der Waals surface area contributed by atoms with E-state index in [0.29, 0.717) is 11.4 Å². The van der Waals surface area contributed by atoms with Crippen LogP contribution in [0.5, 0.6) is 5.75 Å². The van der Waals surface area contributed by atoms with Crippen molar-refractivity contribution >= 4 is 27.5 Å². The first-order chi connectivity index (χ1) is 14.6. The topological polar surface area (TPSA) is 96.0 Å². The van der Waals surface area contributed by atoms with Gasteiger partial charge in [0.2, 0.25) is 21.8 Å². The Morgan fingerprint density at radius 2 is 1.77 bits per heavy atom. The minimum absolute atomic E-state index is 0.142. The summed E-state index contributed by atoms with van der Waals surface area (Å²) in [6.45, 7) is 3.18. The fourth-order valence-electron chi connectivity index (χ4n) is 3.12. The number of likely N-dealkylation sites (N-methyl/N-ethyl adjacent to an activating group) is 1. The lowest BCUT2D eigenvalue weighted by Crippen LogP contribution is -2.50. The first-order valence-electron chi connectivity index (χ1n) is 9.75. The second-order valence-corrected chi connectivity index (χ2v) is 9.18. The number of hydrogen-bond acceptors (Lipinski definition) is 5. The highest BCUT2D eigenvalue weighted by Crippen LogP contribution is 2.20. The highest BCUT2D eigenvalue weighted by atomic mass is 32.2. The molecule has 2 amide bonds. The second kappa shape index (κ2) is 10.3. The fourth-order valence-corrected chi connectivity index (χ4v) is 3.96. The van der Waals surface area contributed by atoms with E-state index in [1.54, 1.807) is 56.5 Å². The molecule has 0 spiro atoms. The Labute approximate surface area is 183 Å². The van der Waals surface area contributed by atoms with Crippen molar-refractivity contribution in [3.8, 4) is 5.75 Å². The number of carbonyl (C=O) groups is 2. The van der Waals surface area contributed by atoms with Crippen molar-refractivity contribution in [1.82, 2.24) is 10.2 Å². The Hall–Kier alpha value is -3.07. The van der Waals surface area contributed by atoms with Gasteiger partial charge in [0, 0.05) is 13.6 Å². The van der Waals surface area contributed by atoms with Crippen molar-refractivity contribution in [2.24, 2.45) is 0 Å². The average molecular weight is 448 g/mol. The number of hydrogen-bond donors (Lipinski definition) is 1. The molecule has 0 saturated heterocycles. The minimum atomic E-state index is -3.73. The van der Waals surface area contributed by atoms with Crippen molar-refractivity contribution in [3.05, 3.63) is 59.7 Å². The standard InChI is InChI=1S/C22H29N3O5S/c1-16-7-6-8-19(13-16)25(31(5,28)29)15-21(26)24(17(2)22(27)23-3)14-18-9-11-20(30-4)12-10-18/h6-13,17H,14-15H2,1-5H3,(H,23,27)/t17-/m1/s1. The number of nitrogens with zero attached hydrogens (tertiary/aromatic N) is 2. The molecule has 0 aliphatic carbocycles. The molecule has 0 fully saturated rings. The summed E-state index contributed by atoms with van der Waals surface area (Å²) in [5.74, 6) is -0.161. The van der Waals surface area contributed by atoms with E-state index in [2.05, 4.69) is 5.32 Å². The Kier molecular flexibility index (Phi) is 8.04. The maximum Gasteiger partial charge on any atom is 0.244 e. The number of carbonyl (C=O) groups excluding carboxylic acids is 2. The van der Waals surface area contributed by atoms with Gasteiger partial charge in [-0.15, -0.1) is 0 Å². The van der Waals surface area contributed by atoms with Crippen LogP contribution in [0.3, 0.4) is 0 Å². The molecule has 31 heavy (non-hydrogen) atoms. The molecule has 0 aliphatic heterocycles. The Morgan fingerprint density at radius 3 is 2.29 bits per heavy atom. The van der Waals surface area contributed by atoms with Crippen LogP contribution >= 0.6 is 0 Å². The number of nitrogens with one attached hydrogen (secondary N) is 1. The van der Waals surface area contributed by atoms with E-state index in [1.165, 1.54) is 11.9 Å². The van der Waals surface area contributed by atoms with Crippen molar-refractivity contribution in [2.75, 3.05) is 31.3 Å². The van der Waals surface area contributed by atoms with E-state index < -0.39 is 28.5 Å². The predicted molar refractivity (Wildman–Crippen MR) is 120 cm³/mol. The van der Waals surface area contributed by atoms with Crippen LogP contribution in [0, 0.1) is 6.92 Å². The van der Waals surface area contributed by atoms with Crippen molar-refractivity contribution in [3.63, 3.8) is 0 Å². The highest BCUT2D eigenvalue weighted by Gasteiger charge is 2.29. The Morgan fingerprint density at radius 1 is 1.13 bits per heavy atom. The molecule has 8 nitrogen and oxygen atoms in total. The molecule has 1 N–H and O–H groups in total. The SMILES string of the molecule is CNC(=O)[C@@H](C)N(Cc1ccc(OC)cc1)C(=O)CN(c1cccc(C)c1)S(C)(=O)=O. The zero-order valence-electron chi connectivity index (χ0n) is 18.5. The number of methoxy groups -OCH3 is 1. The van der Waals surface area contributed by atoms with E-state index in [4.69, 9.17) is 4.74 Å². The fraction of sp³-hybridized carbons (Fsp3) is 0.364. The molecule has 2 rings (SSSR count). The molecule has 168 valence electrons. The summed E-state index contributed by atoms with van der Waals surface area (Å²) in [5, 5.41) is 2.54. The van der Waals surface area contributed by atoms with E-state index in [-0.39, 0.29) is 12.5 Å². The lowest BCUT2D eigenvalue weighted by Gasteiger charge is -2.31. The molecule has 9 heteroatoms. The van der Waals surface area contributed by atoms with E-state index >= 15 is 0 Å². The average Bonchev–Trinajstić information content (AvgIpc) is 2.74. The van der Waals surface area contributed by atoms with Crippen LogP contribution in [0.1, 0.15) is 18.1 Å². The summed E-state index contributed by atoms with van der Waals surface area (Å²) >= 11 is 0. The number of anilines is 1. The molecule has 0 bridgehead atoms. The monoisotopic (exact) mass is 447 g/mol. The van der Waals surface area contributed by atoms with Gasteiger partial charge in [-0.2, -0.15) is 0 Å². The number of rotatable bonds is 9. The molecular weight excluding hydrogens is 418 g/mol. The van der Waals surface area contributed by atoms with Gasteiger partial charge in [0.1, 0.15) is 18.3 Å². The summed E-state index contributed by atoms with van der Waals surface area (Å²) in [5.41, 5.74) is 2.05. The second-order valence-electron chi connectivity index (χ2n) is 7.27. The van der Waals surface area contributed by atoms with Crippen LogP contribution in [-0.4, -0.2) is 58.1 Å². The zero-order chi connectivity index (χ0) is 23.2. The van der Waals surface area contributed by atoms with Gasteiger partial charge >= 0.3 is 0 Å². The number of aryl methyl sites for hydroxylation is 1. The molecule has 2 aromatic carbocycles.